The smallest absolute Gasteiger partial charge is 0.277 e. The number of carbonyl (C=O) groups excluding carboxylic acids is 2. The van der Waals surface area contributed by atoms with Gasteiger partial charge in [-0.25, -0.2) is 0 Å². The number of morpholine rings is 1. The molecule has 0 bridgehead atoms. The number of benzene rings is 1. The minimum absolute atomic E-state index is 0.194. The predicted molar refractivity (Wildman–Crippen MR) is 112 cm³/mol. The van der Waals surface area contributed by atoms with Crippen LogP contribution in [-0.2, 0) is 20.7 Å². The number of para-hydroxylation sites is 1. The zero-order valence-corrected chi connectivity index (χ0v) is 16.7. The van der Waals surface area contributed by atoms with Gasteiger partial charge in [-0.3, -0.25) is 14.5 Å². The average Bonchev–Trinajstić information content (AvgIpc) is 3.47. The number of imide groups is 1. The fourth-order valence-corrected chi connectivity index (χ4v) is 4.82. The summed E-state index contributed by atoms with van der Waals surface area (Å²) in [5.74, 6) is -0.390. The van der Waals surface area contributed by atoms with Crippen LogP contribution in [-0.4, -0.2) is 59.4 Å². The van der Waals surface area contributed by atoms with Crippen molar-refractivity contribution in [1.29, 1.82) is 0 Å². The third-order valence-corrected chi connectivity index (χ3v) is 6.41. The molecule has 6 nitrogen and oxygen atoms in total. The zero-order chi connectivity index (χ0) is 19.8. The summed E-state index contributed by atoms with van der Waals surface area (Å²) in [6.45, 7) is 2.75. The number of hydrogen-bond donors (Lipinski definition) is 1. The number of aromatic amines is 1. The minimum Gasteiger partial charge on any atom is -0.378 e. The first-order valence-electron chi connectivity index (χ1n) is 9.76. The van der Waals surface area contributed by atoms with Gasteiger partial charge in [-0.1, -0.05) is 24.3 Å². The number of thiophene rings is 1. The van der Waals surface area contributed by atoms with Crippen molar-refractivity contribution < 1.29 is 14.3 Å². The van der Waals surface area contributed by atoms with Gasteiger partial charge in [0.05, 0.1) is 18.8 Å². The average molecular weight is 407 g/mol. The fourth-order valence-electron chi connectivity index (χ4n) is 4.06. The van der Waals surface area contributed by atoms with E-state index in [0.29, 0.717) is 50.5 Å². The quantitative estimate of drug-likeness (QED) is 0.661. The van der Waals surface area contributed by atoms with E-state index in [1.165, 1.54) is 16.2 Å². The molecule has 1 N–H and O–H groups in total. The SMILES string of the molecule is O=C1C(c2cccs2)=C(N2CCOCC2)C(=O)N1CCc1c[nH]c2ccccc12. The van der Waals surface area contributed by atoms with Crippen molar-refractivity contribution in [2.75, 3.05) is 32.8 Å². The number of fused-ring (bicyclic) bond motifs is 1. The van der Waals surface area contributed by atoms with Crippen molar-refractivity contribution >= 4 is 39.6 Å². The van der Waals surface area contributed by atoms with Crippen LogP contribution in [0, 0.1) is 0 Å². The third kappa shape index (κ3) is 3.16. The second kappa shape index (κ2) is 7.50. The molecule has 4 heterocycles. The molecule has 148 valence electrons. The van der Waals surface area contributed by atoms with Crippen LogP contribution in [0.5, 0.6) is 0 Å². The number of H-pyrrole nitrogens is 1. The van der Waals surface area contributed by atoms with Gasteiger partial charge < -0.3 is 14.6 Å². The Morgan fingerprint density at radius 2 is 1.86 bits per heavy atom. The molecular weight excluding hydrogens is 386 g/mol. The molecule has 1 fully saturated rings. The van der Waals surface area contributed by atoms with Crippen LogP contribution < -0.4 is 0 Å². The molecule has 2 amide bonds. The lowest BCUT2D eigenvalue weighted by Crippen LogP contribution is -2.40. The molecule has 29 heavy (non-hydrogen) atoms. The number of hydrogen-bond acceptors (Lipinski definition) is 5. The Morgan fingerprint density at radius 1 is 1.03 bits per heavy atom. The normalized spacial score (nSPS) is 17.8. The first-order valence-corrected chi connectivity index (χ1v) is 10.6. The van der Waals surface area contributed by atoms with E-state index in [-0.39, 0.29) is 11.8 Å². The first-order chi connectivity index (χ1) is 14.2. The van der Waals surface area contributed by atoms with Crippen molar-refractivity contribution in [2.24, 2.45) is 0 Å². The van der Waals surface area contributed by atoms with Crippen molar-refractivity contribution in [3.63, 3.8) is 0 Å². The maximum Gasteiger partial charge on any atom is 0.277 e. The summed E-state index contributed by atoms with van der Waals surface area (Å²) in [4.78, 5) is 34.1. The molecule has 2 aliphatic rings. The minimum atomic E-state index is -0.196. The Hall–Kier alpha value is -2.90. The van der Waals surface area contributed by atoms with Crippen LogP contribution in [0.1, 0.15) is 10.4 Å². The number of amides is 2. The second-order valence-corrected chi connectivity index (χ2v) is 8.12. The fraction of sp³-hybridized carbons (Fsp3) is 0.273. The van der Waals surface area contributed by atoms with E-state index in [9.17, 15) is 9.59 Å². The largest absolute Gasteiger partial charge is 0.378 e. The van der Waals surface area contributed by atoms with E-state index in [1.807, 2.05) is 46.8 Å². The summed E-state index contributed by atoms with van der Waals surface area (Å²) < 4.78 is 5.44. The highest BCUT2D eigenvalue weighted by Crippen LogP contribution is 2.34. The molecule has 1 aromatic carbocycles. The van der Waals surface area contributed by atoms with Gasteiger partial charge in [0.15, 0.2) is 0 Å². The number of nitrogens with zero attached hydrogens (tertiary/aromatic N) is 2. The van der Waals surface area contributed by atoms with Crippen LogP contribution in [0.15, 0.2) is 53.7 Å². The van der Waals surface area contributed by atoms with Crippen LogP contribution in [0.3, 0.4) is 0 Å². The summed E-state index contributed by atoms with van der Waals surface area (Å²) in [7, 11) is 0. The number of aromatic nitrogens is 1. The summed E-state index contributed by atoms with van der Waals surface area (Å²) >= 11 is 1.49. The van der Waals surface area contributed by atoms with E-state index in [2.05, 4.69) is 11.1 Å². The monoisotopic (exact) mass is 407 g/mol. The molecule has 3 aromatic rings. The predicted octanol–water partition coefficient (Wildman–Crippen LogP) is 2.88. The maximum absolute atomic E-state index is 13.3. The zero-order valence-electron chi connectivity index (χ0n) is 15.9. The van der Waals surface area contributed by atoms with Gasteiger partial charge in [0.25, 0.3) is 11.8 Å². The van der Waals surface area contributed by atoms with Gasteiger partial charge in [-0.2, -0.15) is 0 Å². The summed E-state index contributed by atoms with van der Waals surface area (Å²) in [6.07, 6.45) is 2.59. The van der Waals surface area contributed by atoms with E-state index in [1.54, 1.807) is 0 Å². The highest BCUT2D eigenvalue weighted by Gasteiger charge is 2.42. The Bertz CT molecular complexity index is 1090. The number of ether oxygens (including phenoxy) is 1. The molecule has 0 radical (unpaired) electrons. The summed E-state index contributed by atoms with van der Waals surface area (Å²) in [5, 5.41) is 3.07. The van der Waals surface area contributed by atoms with Crippen molar-refractivity contribution in [3.8, 4) is 0 Å². The molecule has 0 atom stereocenters. The molecule has 5 rings (SSSR count). The van der Waals surface area contributed by atoms with Crippen LogP contribution >= 0.6 is 11.3 Å². The number of carbonyl (C=O) groups is 2. The maximum atomic E-state index is 13.3. The lowest BCUT2D eigenvalue weighted by Gasteiger charge is -2.29. The van der Waals surface area contributed by atoms with Gasteiger partial charge >= 0.3 is 0 Å². The topological polar surface area (TPSA) is 65.6 Å². The number of rotatable bonds is 5. The molecule has 0 spiro atoms. The van der Waals surface area contributed by atoms with Crippen molar-refractivity contribution in [3.05, 3.63) is 64.1 Å². The Kier molecular flexibility index (Phi) is 4.69. The van der Waals surface area contributed by atoms with Gasteiger partial charge in [0.2, 0.25) is 0 Å². The molecule has 2 aliphatic heterocycles. The van der Waals surface area contributed by atoms with E-state index >= 15 is 0 Å². The lowest BCUT2D eigenvalue weighted by molar-refractivity contribution is -0.137. The Morgan fingerprint density at radius 3 is 2.66 bits per heavy atom. The second-order valence-electron chi connectivity index (χ2n) is 7.17. The van der Waals surface area contributed by atoms with Crippen molar-refractivity contribution in [2.45, 2.75) is 6.42 Å². The van der Waals surface area contributed by atoms with Gasteiger partial charge in [0.1, 0.15) is 5.70 Å². The number of nitrogens with one attached hydrogen (secondary N) is 1. The Balaban J connectivity index is 1.43. The molecule has 0 aliphatic carbocycles. The highest BCUT2D eigenvalue weighted by atomic mass is 32.1. The molecule has 0 unspecified atom stereocenters. The van der Waals surface area contributed by atoms with E-state index < -0.39 is 0 Å². The van der Waals surface area contributed by atoms with E-state index in [4.69, 9.17) is 4.74 Å². The van der Waals surface area contributed by atoms with Crippen LogP contribution in [0.25, 0.3) is 16.5 Å². The molecule has 7 heteroatoms. The van der Waals surface area contributed by atoms with Crippen LogP contribution in [0.2, 0.25) is 0 Å². The first kappa shape index (κ1) is 18.1. The van der Waals surface area contributed by atoms with Crippen LogP contribution in [0.4, 0.5) is 0 Å². The summed E-state index contributed by atoms with van der Waals surface area (Å²) in [5.41, 5.74) is 3.23. The Labute approximate surface area is 172 Å². The lowest BCUT2D eigenvalue weighted by atomic mass is 10.1. The molecule has 0 saturated carbocycles. The molecule has 2 aromatic heterocycles. The van der Waals surface area contributed by atoms with E-state index in [0.717, 1.165) is 21.3 Å². The summed E-state index contributed by atoms with van der Waals surface area (Å²) in [6, 6.07) is 11.9. The molecule has 1 saturated heterocycles. The van der Waals surface area contributed by atoms with Gasteiger partial charge in [-0.05, 0) is 29.5 Å². The highest BCUT2D eigenvalue weighted by molar-refractivity contribution is 7.11. The molecular formula is C22H21N3O3S. The van der Waals surface area contributed by atoms with Crippen molar-refractivity contribution in [1.82, 2.24) is 14.8 Å². The third-order valence-electron chi connectivity index (χ3n) is 5.52. The van der Waals surface area contributed by atoms with Gasteiger partial charge in [0, 0.05) is 41.6 Å². The standard InChI is InChI=1S/C22H21N3O3S/c26-21-19(18-6-3-13-29-18)20(24-9-11-28-12-10-24)22(27)25(21)8-7-15-14-23-17-5-2-1-4-16(15)17/h1-6,13-14,23H,7-12H2. The van der Waals surface area contributed by atoms with Gasteiger partial charge in [-0.15, -0.1) is 11.3 Å².